The second kappa shape index (κ2) is 11.2. The smallest absolute Gasteiger partial charge is 0.217 e. The van der Waals surface area contributed by atoms with Crippen LogP contribution < -0.4 is 11.1 Å². The summed E-state index contributed by atoms with van der Waals surface area (Å²) in [5, 5.41) is 3.35. The minimum Gasteiger partial charge on any atom is -0.370 e. The van der Waals surface area contributed by atoms with Crippen molar-refractivity contribution >= 4 is 35.8 Å². The zero-order valence-electron chi connectivity index (χ0n) is 14.3. The molecule has 1 fully saturated rings. The number of nitrogens with zero attached hydrogens (tertiary/aromatic N) is 3. The number of carbonyl (C=O) groups excluding carboxylic acids is 1. The van der Waals surface area contributed by atoms with E-state index in [9.17, 15) is 4.79 Å². The first kappa shape index (κ1) is 20.7. The molecule has 1 aromatic rings. The average molecular weight is 445 g/mol. The van der Waals surface area contributed by atoms with Gasteiger partial charge < -0.3 is 16.0 Å². The number of carbonyl (C=O) groups is 1. The summed E-state index contributed by atoms with van der Waals surface area (Å²) in [6.45, 7) is 5.43. The van der Waals surface area contributed by atoms with Gasteiger partial charge >= 0.3 is 0 Å². The Morgan fingerprint density at radius 3 is 3.00 bits per heavy atom. The third-order valence-corrected chi connectivity index (χ3v) is 4.00. The Morgan fingerprint density at radius 1 is 1.50 bits per heavy atom. The fraction of sp³-hybridized carbons (Fsp3) is 0.588. The van der Waals surface area contributed by atoms with Crippen LogP contribution in [0.25, 0.3) is 0 Å². The number of primary amides is 1. The Labute approximate surface area is 161 Å². The summed E-state index contributed by atoms with van der Waals surface area (Å²) < 4.78 is 0. The maximum absolute atomic E-state index is 11.1. The molecule has 134 valence electrons. The van der Waals surface area contributed by atoms with Gasteiger partial charge in [0.2, 0.25) is 5.91 Å². The van der Waals surface area contributed by atoms with Crippen LogP contribution in [0.1, 0.15) is 31.9 Å². The summed E-state index contributed by atoms with van der Waals surface area (Å²) in [6.07, 6.45) is 5.23. The van der Waals surface area contributed by atoms with Crippen molar-refractivity contribution in [3.8, 4) is 0 Å². The third-order valence-electron chi connectivity index (χ3n) is 4.00. The van der Waals surface area contributed by atoms with Gasteiger partial charge in [-0.1, -0.05) is 6.07 Å². The number of nitrogens with two attached hydrogens (primary N) is 1. The van der Waals surface area contributed by atoms with E-state index in [4.69, 9.17) is 10.7 Å². The summed E-state index contributed by atoms with van der Waals surface area (Å²) in [5.74, 6) is 1.05. The van der Waals surface area contributed by atoms with Crippen molar-refractivity contribution < 1.29 is 4.79 Å². The van der Waals surface area contributed by atoms with Gasteiger partial charge in [-0.25, -0.2) is 0 Å². The predicted octanol–water partition coefficient (Wildman–Crippen LogP) is 1.79. The van der Waals surface area contributed by atoms with E-state index in [1.165, 1.54) is 0 Å². The summed E-state index contributed by atoms with van der Waals surface area (Å²) >= 11 is 0. The fourth-order valence-electron chi connectivity index (χ4n) is 2.96. The number of aliphatic imine (C=N–C) groups is 1. The number of halogens is 1. The van der Waals surface area contributed by atoms with Crippen molar-refractivity contribution in [2.75, 3.05) is 26.2 Å². The Bertz CT molecular complexity index is 523. The quantitative estimate of drug-likeness (QED) is 0.398. The van der Waals surface area contributed by atoms with Gasteiger partial charge in [0.25, 0.3) is 0 Å². The molecule has 1 unspecified atom stereocenters. The van der Waals surface area contributed by atoms with Crippen LogP contribution in [0.3, 0.4) is 0 Å². The lowest BCUT2D eigenvalue weighted by molar-refractivity contribution is -0.119. The van der Waals surface area contributed by atoms with Crippen molar-refractivity contribution in [2.45, 2.75) is 32.6 Å². The molecular weight excluding hydrogens is 417 g/mol. The molecule has 1 atom stereocenters. The fourth-order valence-corrected chi connectivity index (χ4v) is 2.96. The van der Waals surface area contributed by atoms with Crippen molar-refractivity contribution in [1.29, 1.82) is 0 Å². The summed E-state index contributed by atoms with van der Waals surface area (Å²) in [5.41, 5.74) is 6.39. The van der Waals surface area contributed by atoms with Crippen molar-refractivity contribution in [1.82, 2.24) is 15.2 Å². The maximum Gasteiger partial charge on any atom is 0.217 e. The minimum absolute atomic E-state index is 0. The normalized spacial score (nSPS) is 18.0. The van der Waals surface area contributed by atoms with E-state index >= 15 is 0 Å². The molecule has 2 rings (SSSR count). The number of aromatic nitrogens is 1. The summed E-state index contributed by atoms with van der Waals surface area (Å²) in [4.78, 5) is 22.4. The molecule has 0 aliphatic carbocycles. The van der Waals surface area contributed by atoms with E-state index < -0.39 is 0 Å². The monoisotopic (exact) mass is 445 g/mol. The number of piperidine rings is 1. The molecule has 1 aromatic heterocycles. The lowest BCUT2D eigenvalue weighted by atomic mass is 9.95. The molecule has 3 N–H and O–H groups in total. The highest BCUT2D eigenvalue weighted by Gasteiger charge is 2.23. The highest BCUT2D eigenvalue weighted by atomic mass is 127. The van der Waals surface area contributed by atoms with Crippen LogP contribution >= 0.6 is 24.0 Å². The van der Waals surface area contributed by atoms with Crippen LogP contribution in [0.2, 0.25) is 0 Å². The highest BCUT2D eigenvalue weighted by molar-refractivity contribution is 14.0. The SMILES string of the molecule is CCNC(=NCCc1ccccn1)N1CCCC(CC(N)=O)C1.I. The maximum atomic E-state index is 11.1. The molecule has 0 bridgehead atoms. The van der Waals surface area contributed by atoms with Gasteiger partial charge in [-0.3, -0.25) is 14.8 Å². The van der Waals surface area contributed by atoms with Gasteiger partial charge in [-0.05, 0) is 37.8 Å². The van der Waals surface area contributed by atoms with E-state index in [-0.39, 0.29) is 29.9 Å². The first-order chi connectivity index (χ1) is 11.2. The predicted molar refractivity (Wildman–Crippen MR) is 107 cm³/mol. The molecule has 1 aliphatic rings. The zero-order chi connectivity index (χ0) is 16.5. The van der Waals surface area contributed by atoms with Crippen LogP contribution in [0.4, 0.5) is 0 Å². The average Bonchev–Trinajstić information content (AvgIpc) is 2.55. The highest BCUT2D eigenvalue weighted by Crippen LogP contribution is 2.19. The Morgan fingerprint density at radius 2 is 2.33 bits per heavy atom. The van der Waals surface area contributed by atoms with Crippen LogP contribution in [0, 0.1) is 5.92 Å². The van der Waals surface area contributed by atoms with E-state index in [1.54, 1.807) is 0 Å². The van der Waals surface area contributed by atoms with Gasteiger partial charge in [0.05, 0.1) is 0 Å². The lowest BCUT2D eigenvalue weighted by Crippen LogP contribution is -2.47. The van der Waals surface area contributed by atoms with Crippen LogP contribution in [-0.2, 0) is 11.2 Å². The first-order valence-corrected chi connectivity index (χ1v) is 8.40. The molecule has 1 amide bonds. The lowest BCUT2D eigenvalue weighted by Gasteiger charge is -2.34. The summed E-state index contributed by atoms with van der Waals surface area (Å²) in [7, 11) is 0. The molecule has 0 radical (unpaired) electrons. The molecule has 1 saturated heterocycles. The van der Waals surface area contributed by atoms with Crippen molar-refractivity contribution in [2.24, 2.45) is 16.6 Å². The van der Waals surface area contributed by atoms with Crippen LogP contribution in [-0.4, -0.2) is 47.9 Å². The zero-order valence-corrected chi connectivity index (χ0v) is 16.6. The molecule has 0 aromatic carbocycles. The molecule has 24 heavy (non-hydrogen) atoms. The van der Waals surface area contributed by atoms with E-state index in [1.807, 2.05) is 24.4 Å². The number of rotatable bonds is 6. The number of amides is 1. The molecule has 0 spiro atoms. The van der Waals surface area contributed by atoms with Gasteiger partial charge in [0.1, 0.15) is 0 Å². The number of nitrogens with one attached hydrogen (secondary N) is 1. The van der Waals surface area contributed by atoms with E-state index in [0.717, 1.165) is 50.6 Å². The van der Waals surface area contributed by atoms with Crippen LogP contribution in [0.5, 0.6) is 0 Å². The molecule has 0 saturated carbocycles. The van der Waals surface area contributed by atoms with Crippen LogP contribution in [0.15, 0.2) is 29.4 Å². The number of hydrogen-bond donors (Lipinski definition) is 2. The number of hydrogen-bond acceptors (Lipinski definition) is 3. The van der Waals surface area contributed by atoms with Crippen molar-refractivity contribution in [3.63, 3.8) is 0 Å². The Hall–Kier alpha value is -1.38. The molecule has 2 heterocycles. The standard InChI is InChI=1S/C17H27N5O.HI/c1-2-19-17(21-10-8-15-7-3-4-9-20-15)22-11-5-6-14(13-22)12-16(18)23;/h3-4,7,9,14H,2,5-6,8,10-13H2,1H3,(H2,18,23)(H,19,21);1H. The second-order valence-corrected chi connectivity index (χ2v) is 5.93. The Kier molecular flexibility index (Phi) is 9.66. The number of pyridine rings is 1. The summed E-state index contributed by atoms with van der Waals surface area (Å²) in [6, 6.07) is 5.94. The largest absolute Gasteiger partial charge is 0.370 e. The second-order valence-electron chi connectivity index (χ2n) is 5.93. The molecular formula is C17H28IN5O. The van der Waals surface area contributed by atoms with Gasteiger partial charge in [0, 0.05) is 50.9 Å². The number of guanidine groups is 1. The third kappa shape index (κ3) is 7.02. The Balaban J connectivity index is 0.00000288. The topological polar surface area (TPSA) is 83.6 Å². The van der Waals surface area contributed by atoms with Gasteiger partial charge in [-0.2, -0.15) is 0 Å². The van der Waals surface area contributed by atoms with E-state index in [0.29, 0.717) is 18.9 Å². The van der Waals surface area contributed by atoms with Crippen molar-refractivity contribution in [3.05, 3.63) is 30.1 Å². The molecule has 6 nitrogen and oxygen atoms in total. The molecule has 1 aliphatic heterocycles. The molecule has 7 heteroatoms. The minimum atomic E-state index is -0.214. The van der Waals surface area contributed by atoms with Gasteiger partial charge in [-0.15, -0.1) is 24.0 Å². The van der Waals surface area contributed by atoms with Gasteiger partial charge in [0.15, 0.2) is 5.96 Å². The first-order valence-electron chi connectivity index (χ1n) is 8.40. The number of likely N-dealkylation sites (tertiary alicyclic amines) is 1. The van der Waals surface area contributed by atoms with E-state index in [2.05, 4.69) is 22.1 Å².